The van der Waals surface area contributed by atoms with E-state index in [0.717, 1.165) is 19.4 Å². The number of aryl methyl sites for hydroxylation is 1. The van der Waals surface area contributed by atoms with Crippen LogP contribution in [0.25, 0.3) is 0 Å². The molecule has 1 unspecified atom stereocenters. The molecule has 2 rings (SSSR count). The fourth-order valence-electron chi connectivity index (χ4n) is 2.03. The van der Waals surface area contributed by atoms with Crippen molar-refractivity contribution in [1.29, 1.82) is 0 Å². The molecule has 0 bridgehead atoms. The molecule has 2 N–H and O–H groups in total. The lowest BCUT2D eigenvalue weighted by atomic mass is 9.99. The molecule has 1 aliphatic rings. The lowest BCUT2D eigenvalue weighted by Gasteiger charge is -2.22. The molecule has 1 amide bonds. The Kier molecular flexibility index (Phi) is 3.30. The third-order valence-corrected chi connectivity index (χ3v) is 4.27. The van der Waals surface area contributed by atoms with Gasteiger partial charge < -0.3 is 10.6 Å². The molecule has 88 valence electrons. The lowest BCUT2D eigenvalue weighted by molar-refractivity contribution is -0.126. The lowest BCUT2D eigenvalue weighted by Crippen LogP contribution is -2.50. The first-order chi connectivity index (χ1) is 7.62. The van der Waals surface area contributed by atoms with Crippen LogP contribution >= 0.6 is 11.3 Å². The Balaban J connectivity index is 1.91. The maximum atomic E-state index is 12.0. The molecule has 1 aliphatic heterocycles. The minimum absolute atomic E-state index is 0.123. The van der Waals surface area contributed by atoms with Crippen molar-refractivity contribution >= 4 is 17.2 Å². The number of hydrogen-bond acceptors (Lipinski definition) is 3. The van der Waals surface area contributed by atoms with E-state index >= 15 is 0 Å². The van der Waals surface area contributed by atoms with Gasteiger partial charge in [-0.3, -0.25) is 4.79 Å². The van der Waals surface area contributed by atoms with Gasteiger partial charge in [0.1, 0.15) is 0 Å². The summed E-state index contributed by atoms with van der Waals surface area (Å²) in [6, 6.07) is 2.09. The molecule has 0 aromatic carbocycles. The Morgan fingerprint density at radius 1 is 1.69 bits per heavy atom. The van der Waals surface area contributed by atoms with Crippen molar-refractivity contribution < 1.29 is 4.79 Å². The van der Waals surface area contributed by atoms with Crippen LogP contribution in [0, 0.1) is 6.92 Å². The molecule has 1 atom stereocenters. The van der Waals surface area contributed by atoms with Gasteiger partial charge >= 0.3 is 0 Å². The standard InChI is InChI=1S/C12H18N2OS/c1-9-4-7-16-10(9)8-13-11(15)12(2)5-3-6-14-12/h4,7,14H,3,5-6,8H2,1-2H3,(H,13,15). The molecule has 3 nitrogen and oxygen atoms in total. The van der Waals surface area contributed by atoms with Crippen LogP contribution in [-0.2, 0) is 11.3 Å². The monoisotopic (exact) mass is 238 g/mol. The Morgan fingerprint density at radius 2 is 2.50 bits per heavy atom. The fourth-order valence-corrected chi connectivity index (χ4v) is 2.88. The Labute approximate surface area is 100 Å². The minimum atomic E-state index is -0.356. The van der Waals surface area contributed by atoms with E-state index in [4.69, 9.17) is 0 Å². The first kappa shape index (κ1) is 11.6. The second-order valence-corrected chi connectivity index (χ2v) is 5.57. The highest BCUT2D eigenvalue weighted by atomic mass is 32.1. The van der Waals surface area contributed by atoms with E-state index in [-0.39, 0.29) is 11.4 Å². The fraction of sp³-hybridized carbons (Fsp3) is 0.583. The van der Waals surface area contributed by atoms with Crippen molar-refractivity contribution in [1.82, 2.24) is 10.6 Å². The van der Waals surface area contributed by atoms with Gasteiger partial charge in [0, 0.05) is 4.88 Å². The summed E-state index contributed by atoms with van der Waals surface area (Å²) in [7, 11) is 0. The van der Waals surface area contributed by atoms with E-state index in [1.807, 2.05) is 6.92 Å². The van der Waals surface area contributed by atoms with Crippen LogP contribution in [-0.4, -0.2) is 18.0 Å². The molecule has 16 heavy (non-hydrogen) atoms. The zero-order valence-electron chi connectivity index (χ0n) is 9.80. The average Bonchev–Trinajstić information content (AvgIpc) is 2.85. The number of amides is 1. The molecule has 1 aromatic rings. The van der Waals surface area contributed by atoms with Crippen molar-refractivity contribution in [3.05, 3.63) is 21.9 Å². The highest BCUT2D eigenvalue weighted by Crippen LogP contribution is 2.19. The number of carbonyl (C=O) groups excluding carboxylic acids is 1. The molecule has 0 saturated carbocycles. The summed E-state index contributed by atoms with van der Waals surface area (Å²) in [5.74, 6) is 0.123. The SMILES string of the molecule is Cc1ccsc1CNC(=O)C1(C)CCCN1. The quantitative estimate of drug-likeness (QED) is 0.843. The van der Waals surface area contributed by atoms with E-state index in [9.17, 15) is 4.79 Å². The third kappa shape index (κ3) is 2.28. The number of hydrogen-bond donors (Lipinski definition) is 2. The second-order valence-electron chi connectivity index (χ2n) is 4.57. The maximum Gasteiger partial charge on any atom is 0.240 e. The van der Waals surface area contributed by atoms with Crippen LogP contribution in [0.3, 0.4) is 0 Å². The molecular formula is C12H18N2OS. The molecule has 1 fully saturated rings. The molecule has 0 radical (unpaired) electrons. The summed E-state index contributed by atoms with van der Waals surface area (Å²) in [6.07, 6.45) is 2.02. The van der Waals surface area contributed by atoms with E-state index in [2.05, 4.69) is 29.0 Å². The van der Waals surface area contributed by atoms with Crippen LogP contribution in [0.1, 0.15) is 30.2 Å². The number of thiophene rings is 1. The van der Waals surface area contributed by atoms with Gasteiger partial charge in [0.15, 0.2) is 0 Å². The van der Waals surface area contributed by atoms with Gasteiger partial charge in [-0.2, -0.15) is 0 Å². The molecule has 0 spiro atoms. The Hall–Kier alpha value is -0.870. The van der Waals surface area contributed by atoms with Crippen molar-refractivity contribution in [2.24, 2.45) is 0 Å². The predicted octanol–water partition coefficient (Wildman–Crippen LogP) is 1.81. The molecule has 4 heteroatoms. The topological polar surface area (TPSA) is 41.1 Å². The van der Waals surface area contributed by atoms with E-state index in [1.165, 1.54) is 10.4 Å². The normalized spacial score (nSPS) is 24.6. The zero-order valence-corrected chi connectivity index (χ0v) is 10.6. The van der Waals surface area contributed by atoms with Crippen LogP contribution in [0.5, 0.6) is 0 Å². The number of nitrogens with one attached hydrogen (secondary N) is 2. The molecular weight excluding hydrogens is 220 g/mol. The molecule has 1 aromatic heterocycles. The smallest absolute Gasteiger partial charge is 0.240 e. The zero-order chi connectivity index (χ0) is 11.6. The summed E-state index contributed by atoms with van der Waals surface area (Å²) >= 11 is 1.70. The highest BCUT2D eigenvalue weighted by molar-refractivity contribution is 7.10. The third-order valence-electron chi connectivity index (χ3n) is 3.25. The second kappa shape index (κ2) is 4.55. The van der Waals surface area contributed by atoms with E-state index < -0.39 is 0 Å². The van der Waals surface area contributed by atoms with Crippen molar-refractivity contribution in [3.63, 3.8) is 0 Å². The summed E-state index contributed by atoms with van der Waals surface area (Å²) in [5, 5.41) is 8.35. The Morgan fingerprint density at radius 3 is 3.06 bits per heavy atom. The summed E-state index contributed by atoms with van der Waals surface area (Å²) in [4.78, 5) is 13.2. The van der Waals surface area contributed by atoms with Gasteiger partial charge in [0.05, 0.1) is 12.1 Å². The van der Waals surface area contributed by atoms with Crippen molar-refractivity contribution in [3.8, 4) is 0 Å². The van der Waals surface area contributed by atoms with Gasteiger partial charge in [0.25, 0.3) is 0 Å². The van der Waals surface area contributed by atoms with E-state index in [0.29, 0.717) is 6.54 Å². The van der Waals surface area contributed by atoms with Gasteiger partial charge in [-0.25, -0.2) is 0 Å². The molecule has 1 saturated heterocycles. The Bertz CT molecular complexity index is 380. The van der Waals surface area contributed by atoms with Crippen LogP contribution in [0.2, 0.25) is 0 Å². The van der Waals surface area contributed by atoms with Gasteiger partial charge in [0.2, 0.25) is 5.91 Å². The van der Waals surface area contributed by atoms with Gasteiger partial charge in [-0.15, -0.1) is 11.3 Å². The predicted molar refractivity (Wildman–Crippen MR) is 66.5 cm³/mol. The van der Waals surface area contributed by atoms with E-state index in [1.54, 1.807) is 11.3 Å². The highest BCUT2D eigenvalue weighted by Gasteiger charge is 2.35. The van der Waals surface area contributed by atoms with Gasteiger partial charge in [-0.05, 0) is 50.2 Å². The summed E-state index contributed by atoms with van der Waals surface area (Å²) in [6.45, 7) is 5.66. The van der Waals surface area contributed by atoms with Crippen LogP contribution in [0.15, 0.2) is 11.4 Å². The van der Waals surface area contributed by atoms with Crippen LogP contribution < -0.4 is 10.6 Å². The minimum Gasteiger partial charge on any atom is -0.350 e. The van der Waals surface area contributed by atoms with Crippen molar-refractivity contribution in [2.45, 2.75) is 38.8 Å². The maximum absolute atomic E-state index is 12.0. The average molecular weight is 238 g/mol. The first-order valence-corrected chi connectivity index (χ1v) is 6.56. The summed E-state index contributed by atoms with van der Waals surface area (Å²) in [5.41, 5.74) is 0.903. The van der Waals surface area contributed by atoms with Crippen LogP contribution in [0.4, 0.5) is 0 Å². The molecule has 2 heterocycles. The number of rotatable bonds is 3. The van der Waals surface area contributed by atoms with Crippen molar-refractivity contribution in [2.75, 3.05) is 6.54 Å². The first-order valence-electron chi connectivity index (χ1n) is 5.68. The molecule has 0 aliphatic carbocycles. The summed E-state index contributed by atoms with van der Waals surface area (Å²) < 4.78 is 0. The largest absolute Gasteiger partial charge is 0.350 e. The van der Waals surface area contributed by atoms with Gasteiger partial charge in [-0.1, -0.05) is 0 Å². The number of carbonyl (C=O) groups is 1.